The van der Waals surface area contributed by atoms with E-state index >= 15 is 0 Å². The van der Waals surface area contributed by atoms with Gasteiger partial charge in [0.1, 0.15) is 0 Å². The first kappa shape index (κ1) is 11.6. The molecule has 0 fully saturated rings. The van der Waals surface area contributed by atoms with E-state index in [0.717, 1.165) is 0 Å². The fourth-order valence-corrected chi connectivity index (χ4v) is 0. The van der Waals surface area contributed by atoms with Gasteiger partial charge in [-0.25, -0.2) is 0 Å². The third-order valence-electron chi connectivity index (χ3n) is 0.129. The smallest absolute Gasteiger partial charge is 0.790 e. The van der Waals surface area contributed by atoms with Crippen LogP contribution in [-0.2, 0) is 8.88 Å². The third-order valence-corrected chi connectivity index (χ3v) is 1.16. The fraction of sp³-hybridized carbons (Fsp3) is 0. The molecule has 0 bridgehead atoms. The van der Waals surface area contributed by atoms with Crippen molar-refractivity contribution in [3.8, 4) is 0 Å². The van der Waals surface area contributed by atoms with Gasteiger partial charge in [0.25, 0.3) is 0 Å². The van der Waals surface area contributed by atoms with Gasteiger partial charge in [-0.05, 0) is 0 Å². The van der Waals surface area contributed by atoms with Crippen molar-refractivity contribution in [2.75, 3.05) is 0 Å². The van der Waals surface area contributed by atoms with Gasteiger partial charge in [-0.3, -0.25) is 0 Å². The Hall–Kier alpha value is 1.80. The molecule has 0 aliphatic rings. The topological polar surface area (TPSA) is 72.4 Å². The molecule has 0 amide bonds. The summed E-state index contributed by atoms with van der Waals surface area (Å²) in [5.74, 6) is 0. The Kier molecular flexibility index (Phi) is 7.70. The van der Waals surface area contributed by atoms with E-state index in [1.165, 1.54) is 9.47 Å². The number of phosphoric acid groups is 1. The van der Waals surface area contributed by atoms with Gasteiger partial charge < -0.3 is 18.7 Å². The molecular formula is H2CaO4P2. The summed E-state index contributed by atoms with van der Waals surface area (Å²) in [6, 6.07) is 0. The van der Waals surface area contributed by atoms with Crippen LogP contribution >= 0.6 is 17.3 Å². The maximum absolute atomic E-state index is 9.23. The second-order valence-corrected chi connectivity index (χ2v) is 2.29. The van der Waals surface area contributed by atoms with Gasteiger partial charge in [-0.2, -0.15) is 0 Å². The van der Waals surface area contributed by atoms with E-state index in [1.807, 2.05) is 0 Å². The van der Waals surface area contributed by atoms with Crippen LogP contribution in [0.3, 0.4) is 0 Å². The van der Waals surface area contributed by atoms with Crippen LogP contribution in [0.5, 0.6) is 0 Å². The molecule has 0 aromatic rings. The van der Waals surface area contributed by atoms with Gasteiger partial charge in [0, 0.05) is 9.47 Å². The van der Waals surface area contributed by atoms with Crippen LogP contribution in [0.1, 0.15) is 0 Å². The molecule has 4 nitrogen and oxygen atoms in total. The van der Waals surface area contributed by atoms with Gasteiger partial charge in [0.15, 0.2) is 0 Å². The molecule has 0 aliphatic heterocycles. The predicted molar refractivity (Wildman–Crippen MR) is 24.2 cm³/mol. The average molecular weight is 168 g/mol. The van der Waals surface area contributed by atoms with Crippen molar-refractivity contribution < 1.29 is 18.7 Å². The van der Waals surface area contributed by atoms with Crippen LogP contribution < -0.4 is 9.79 Å². The monoisotopic (exact) mass is 168 g/mol. The standard InChI is InChI=1S/Ca.H4O4P2/c;1-6(2,3)4-5/h;5H2,(H2,1,2,3)/q+2;/p-2. The zero-order valence-corrected chi connectivity index (χ0v) is 7.62. The summed E-state index contributed by atoms with van der Waals surface area (Å²) in [6.07, 6.45) is 0. The molecule has 1 atom stereocenters. The van der Waals surface area contributed by atoms with Crippen LogP contribution in [-0.4, -0.2) is 37.7 Å². The Bertz CT molecular complexity index is 73.8. The summed E-state index contributed by atoms with van der Waals surface area (Å²) in [5.41, 5.74) is 0. The van der Waals surface area contributed by atoms with Crippen molar-refractivity contribution >= 4 is 55.0 Å². The normalized spacial score (nSPS) is 10.1. The quantitative estimate of drug-likeness (QED) is 0.343. The second-order valence-electron chi connectivity index (χ2n) is 0.553. The minimum absolute atomic E-state index is 0. The molecule has 7 heteroatoms. The Balaban J connectivity index is 0. The van der Waals surface area contributed by atoms with Crippen LogP contribution in [0, 0.1) is 0 Å². The van der Waals surface area contributed by atoms with Crippen molar-refractivity contribution in [3.63, 3.8) is 0 Å². The van der Waals surface area contributed by atoms with E-state index in [4.69, 9.17) is 0 Å². The Morgan fingerprint density at radius 3 is 1.71 bits per heavy atom. The summed E-state index contributed by atoms with van der Waals surface area (Å²) >= 11 is 0. The maximum atomic E-state index is 9.23. The molecule has 0 aromatic carbocycles. The van der Waals surface area contributed by atoms with Gasteiger partial charge in [0.2, 0.25) is 0 Å². The molecule has 0 rings (SSSR count). The van der Waals surface area contributed by atoms with E-state index in [0.29, 0.717) is 0 Å². The molecule has 0 spiro atoms. The maximum Gasteiger partial charge on any atom is 2.00 e. The second kappa shape index (κ2) is 4.66. The average Bonchev–Trinajstić information content (AvgIpc) is 1.35. The predicted octanol–water partition coefficient (Wildman–Crippen LogP) is -1.76. The first-order valence-electron chi connectivity index (χ1n) is 0.966. The molecule has 7 heavy (non-hydrogen) atoms. The minimum Gasteiger partial charge on any atom is -0.790 e. The SMILES string of the molecule is O=P([O-])([O-])OP.[Ca+2]. The molecule has 0 saturated carbocycles. The first-order valence-corrected chi connectivity index (χ1v) is 2.90. The van der Waals surface area contributed by atoms with E-state index in [1.54, 1.807) is 0 Å². The van der Waals surface area contributed by atoms with Gasteiger partial charge >= 0.3 is 37.7 Å². The van der Waals surface area contributed by atoms with Crippen molar-refractivity contribution in [3.05, 3.63) is 0 Å². The van der Waals surface area contributed by atoms with Crippen molar-refractivity contribution in [2.24, 2.45) is 0 Å². The minimum atomic E-state index is -4.68. The van der Waals surface area contributed by atoms with E-state index in [9.17, 15) is 14.4 Å². The summed E-state index contributed by atoms with van der Waals surface area (Å²) in [6.45, 7) is 0. The number of hydrogen-bond acceptors (Lipinski definition) is 4. The Morgan fingerprint density at radius 1 is 1.57 bits per heavy atom. The first-order chi connectivity index (χ1) is 2.56. The summed E-state index contributed by atoms with van der Waals surface area (Å²) in [7, 11) is -3.35. The van der Waals surface area contributed by atoms with Gasteiger partial charge in [0.05, 0.1) is 7.82 Å². The zero-order chi connectivity index (χ0) is 5.21. The van der Waals surface area contributed by atoms with Crippen LogP contribution in [0.2, 0.25) is 0 Å². The Morgan fingerprint density at radius 2 is 1.71 bits per heavy atom. The van der Waals surface area contributed by atoms with Crippen LogP contribution in [0.25, 0.3) is 0 Å². The number of rotatable bonds is 1. The molecule has 0 N–H and O–H groups in total. The molecule has 0 radical (unpaired) electrons. The molecular weight excluding hydrogens is 166 g/mol. The van der Waals surface area contributed by atoms with Crippen LogP contribution in [0.4, 0.5) is 0 Å². The summed E-state index contributed by atoms with van der Waals surface area (Å²) < 4.78 is 12.5. The van der Waals surface area contributed by atoms with E-state index in [-0.39, 0.29) is 37.7 Å². The molecule has 0 heterocycles. The number of hydrogen-bond donors (Lipinski definition) is 0. The largest absolute Gasteiger partial charge is 2.00 e. The van der Waals surface area contributed by atoms with E-state index in [2.05, 4.69) is 4.31 Å². The summed E-state index contributed by atoms with van der Waals surface area (Å²) in [5, 5.41) is 0. The third kappa shape index (κ3) is 11.4. The molecule has 0 aromatic heterocycles. The molecule has 38 valence electrons. The molecule has 0 saturated heterocycles. The molecule has 1 unspecified atom stereocenters. The molecule has 0 aliphatic carbocycles. The van der Waals surface area contributed by atoms with Crippen molar-refractivity contribution in [2.45, 2.75) is 0 Å². The van der Waals surface area contributed by atoms with Crippen LogP contribution in [0.15, 0.2) is 0 Å². The zero-order valence-electron chi connectivity index (χ0n) is 3.36. The fourth-order valence-electron chi connectivity index (χ4n) is 0. The van der Waals surface area contributed by atoms with Crippen molar-refractivity contribution in [1.82, 2.24) is 0 Å². The van der Waals surface area contributed by atoms with Crippen molar-refractivity contribution in [1.29, 1.82) is 0 Å². The van der Waals surface area contributed by atoms with Gasteiger partial charge in [-0.1, -0.05) is 0 Å². The van der Waals surface area contributed by atoms with Gasteiger partial charge in [-0.15, -0.1) is 0 Å². The summed E-state index contributed by atoms with van der Waals surface area (Å²) in [4.78, 5) is 18.5. The Labute approximate surface area is 73.2 Å². The van der Waals surface area contributed by atoms with E-state index < -0.39 is 7.82 Å².